The Morgan fingerprint density at radius 2 is 2.05 bits per heavy atom. The average molecular weight is 281 g/mol. The van der Waals surface area contributed by atoms with Crippen LogP contribution in [0, 0.1) is 5.92 Å². The van der Waals surface area contributed by atoms with E-state index in [0.29, 0.717) is 17.0 Å². The van der Waals surface area contributed by atoms with Crippen LogP contribution >= 0.6 is 0 Å². The van der Waals surface area contributed by atoms with E-state index < -0.39 is 11.7 Å². The summed E-state index contributed by atoms with van der Waals surface area (Å²) in [5.74, 6) is 0.847. The van der Waals surface area contributed by atoms with Gasteiger partial charge in [-0.3, -0.25) is 5.10 Å². The molecule has 0 aliphatic heterocycles. The van der Waals surface area contributed by atoms with Crippen LogP contribution in [0.5, 0.6) is 0 Å². The molecule has 1 aliphatic carbocycles. The van der Waals surface area contributed by atoms with Crippen LogP contribution in [-0.2, 0) is 12.6 Å². The Morgan fingerprint density at radius 1 is 1.30 bits per heavy atom. The molecule has 3 rings (SSSR count). The second-order valence-corrected chi connectivity index (χ2v) is 5.19. The van der Waals surface area contributed by atoms with Gasteiger partial charge in [0.05, 0.1) is 5.56 Å². The predicted molar refractivity (Wildman–Crippen MR) is 69.9 cm³/mol. The summed E-state index contributed by atoms with van der Waals surface area (Å²) in [6.45, 7) is 0. The smallest absolute Gasteiger partial charge is 0.382 e. The number of hydrogen-bond acceptors (Lipinski definition) is 2. The highest BCUT2D eigenvalue weighted by Crippen LogP contribution is 2.38. The summed E-state index contributed by atoms with van der Waals surface area (Å²) in [4.78, 5) is 0. The molecule has 0 atom stereocenters. The summed E-state index contributed by atoms with van der Waals surface area (Å²) in [5, 5.41) is 6.78. The van der Waals surface area contributed by atoms with Gasteiger partial charge in [-0.1, -0.05) is 12.1 Å². The van der Waals surface area contributed by atoms with Crippen LogP contribution in [0.3, 0.4) is 0 Å². The van der Waals surface area contributed by atoms with Crippen molar-refractivity contribution in [3.8, 4) is 11.1 Å². The van der Waals surface area contributed by atoms with Crippen molar-refractivity contribution in [2.45, 2.75) is 25.4 Å². The molecule has 3 N–H and O–H groups in total. The lowest BCUT2D eigenvalue weighted by molar-refractivity contribution is -0.137. The number of rotatable bonds is 3. The van der Waals surface area contributed by atoms with Gasteiger partial charge in [0.2, 0.25) is 0 Å². The Labute approximate surface area is 114 Å². The fourth-order valence-corrected chi connectivity index (χ4v) is 2.33. The zero-order chi connectivity index (χ0) is 14.3. The van der Waals surface area contributed by atoms with Crippen LogP contribution < -0.4 is 5.73 Å². The van der Waals surface area contributed by atoms with E-state index >= 15 is 0 Å². The van der Waals surface area contributed by atoms with Crippen molar-refractivity contribution in [3.63, 3.8) is 0 Å². The molecule has 1 fully saturated rings. The molecule has 3 nitrogen and oxygen atoms in total. The highest BCUT2D eigenvalue weighted by atomic mass is 19.4. The van der Waals surface area contributed by atoms with Gasteiger partial charge in [0.1, 0.15) is 0 Å². The third kappa shape index (κ3) is 2.50. The van der Waals surface area contributed by atoms with Gasteiger partial charge in [-0.2, -0.15) is 18.3 Å². The number of halogens is 3. The summed E-state index contributed by atoms with van der Waals surface area (Å²) in [5.41, 5.74) is 7.02. The normalized spacial score (nSPS) is 15.6. The molecule has 0 bridgehead atoms. The molecule has 0 spiro atoms. The zero-order valence-corrected chi connectivity index (χ0v) is 10.7. The fraction of sp³-hybridized carbons (Fsp3) is 0.357. The van der Waals surface area contributed by atoms with Crippen molar-refractivity contribution in [2.75, 3.05) is 5.73 Å². The van der Waals surface area contributed by atoms with Crippen molar-refractivity contribution in [2.24, 2.45) is 5.92 Å². The van der Waals surface area contributed by atoms with Gasteiger partial charge >= 0.3 is 6.18 Å². The first-order chi connectivity index (χ1) is 9.45. The lowest BCUT2D eigenvalue weighted by Crippen LogP contribution is -2.04. The number of benzene rings is 1. The Balaban J connectivity index is 2.01. The Hall–Kier alpha value is -1.98. The van der Waals surface area contributed by atoms with Crippen LogP contribution in [0.4, 0.5) is 19.0 Å². The number of aromatic amines is 1. The number of nitrogens with one attached hydrogen (secondary N) is 1. The van der Waals surface area contributed by atoms with Gasteiger partial charge in [-0.25, -0.2) is 0 Å². The number of hydrogen-bond donors (Lipinski definition) is 2. The van der Waals surface area contributed by atoms with Crippen LogP contribution in [-0.4, -0.2) is 10.2 Å². The molecule has 1 heterocycles. The minimum atomic E-state index is -4.36. The van der Waals surface area contributed by atoms with Gasteiger partial charge in [-0.05, 0) is 42.9 Å². The minimum absolute atomic E-state index is 0.250. The third-order valence-corrected chi connectivity index (χ3v) is 3.54. The molecule has 0 amide bonds. The first-order valence-electron chi connectivity index (χ1n) is 6.45. The Bertz CT molecular complexity index is 627. The lowest BCUT2D eigenvalue weighted by atomic mass is 10.0. The SMILES string of the molecule is Nc1n[nH]c(CC2CC2)c1-c1cccc(C(F)(F)F)c1. The first kappa shape index (κ1) is 13.0. The third-order valence-electron chi connectivity index (χ3n) is 3.54. The molecule has 2 aromatic rings. The number of anilines is 1. The van der Waals surface area contributed by atoms with E-state index in [0.717, 1.165) is 37.1 Å². The van der Waals surface area contributed by atoms with Gasteiger partial charge in [-0.15, -0.1) is 0 Å². The maximum absolute atomic E-state index is 12.8. The lowest BCUT2D eigenvalue weighted by Gasteiger charge is -2.09. The summed E-state index contributed by atoms with van der Waals surface area (Å²) in [6.07, 6.45) is -1.26. The molecule has 0 saturated heterocycles. The van der Waals surface area contributed by atoms with Crippen LogP contribution in [0.15, 0.2) is 24.3 Å². The molecular weight excluding hydrogens is 267 g/mol. The summed E-state index contributed by atoms with van der Waals surface area (Å²) in [7, 11) is 0. The van der Waals surface area contributed by atoms with Crippen molar-refractivity contribution in [3.05, 3.63) is 35.5 Å². The summed E-state index contributed by atoms with van der Waals surface area (Å²) >= 11 is 0. The fourth-order valence-electron chi connectivity index (χ4n) is 2.33. The largest absolute Gasteiger partial charge is 0.416 e. The van der Waals surface area contributed by atoms with E-state index in [1.807, 2.05) is 0 Å². The molecule has 106 valence electrons. The van der Waals surface area contributed by atoms with Crippen molar-refractivity contribution in [1.29, 1.82) is 0 Å². The molecule has 1 aliphatic rings. The summed E-state index contributed by atoms with van der Waals surface area (Å²) < 4.78 is 38.3. The van der Waals surface area contributed by atoms with E-state index in [1.165, 1.54) is 6.07 Å². The van der Waals surface area contributed by atoms with E-state index in [1.54, 1.807) is 6.07 Å². The van der Waals surface area contributed by atoms with Crippen molar-refractivity contribution < 1.29 is 13.2 Å². The quantitative estimate of drug-likeness (QED) is 0.902. The number of nitrogens with zero attached hydrogens (tertiary/aromatic N) is 1. The zero-order valence-electron chi connectivity index (χ0n) is 10.7. The Morgan fingerprint density at radius 3 is 2.70 bits per heavy atom. The van der Waals surface area contributed by atoms with E-state index in [9.17, 15) is 13.2 Å². The highest BCUT2D eigenvalue weighted by Gasteiger charge is 2.31. The van der Waals surface area contributed by atoms with E-state index in [-0.39, 0.29) is 5.82 Å². The number of H-pyrrole nitrogens is 1. The molecule has 0 unspecified atom stereocenters. The molecular formula is C14H14F3N3. The highest BCUT2D eigenvalue weighted by molar-refractivity contribution is 5.76. The van der Waals surface area contributed by atoms with Crippen LogP contribution in [0.2, 0.25) is 0 Å². The maximum Gasteiger partial charge on any atom is 0.416 e. The van der Waals surface area contributed by atoms with Gasteiger partial charge in [0.15, 0.2) is 5.82 Å². The molecule has 20 heavy (non-hydrogen) atoms. The molecule has 0 radical (unpaired) electrons. The van der Waals surface area contributed by atoms with E-state index in [4.69, 9.17) is 5.73 Å². The second-order valence-electron chi connectivity index (χ2n) is 5.19. The minimum Gasteiger partial charge on any atom is -0.382 e. The molecule has 1 saturated carbocycles. The average Bonchev–Trinajstić information content (AvgIpc) is 3.12. The first-order valence-corrected chi connectivity index (χ1v) is 6.45. The molecule has 1 aromatic carbocycles. The van der Waals surface area contributed by atoms with E-state index in [2.05, 4.69) is 10.2 Å². The van der Waals surface area contributed by atoms with Crippen molar-refractivity contribution in [1.82, 2.24) is 10.2 Å². The summed E-state index contributed by atoms with van der Waals surface area (Å²) in [6, 6.07) is 5.20. The number of nitrogen functional groups attached to an aromatic ring is 1. The second kappa shape index (κ2) is 4.54. The Kier molecular flexibility index (Phi) is 2.96. The van der Waals surface area contributed by atoms with Gasteiger partial charge in [0, 0.05) is 11.3 Å². The van der Waals surface area contributed by atoms with Crippen LogP contribution in [0.25, 0.3) is 11.1 Å². The maximum atomic E-state index is 12.8. The molecule has 1 aromatic heterocycles. The standard InChI is InChI=1S/C14H14F3N3/c15-14(16,17)10-3-1-2-9(7-10)12-11(6-8-4-5-8)19-20-13(12)18/h1-3,7-8H,4-6H2,(H3,18,19,20). The number of nitrogens with two attached hydrogens (primary N) is 1. The van der Waals surface area contributed by atoms with Gasteiger partial charge < -0.3 is 5.73 Å². The monoisotopic (exact) mass is 281 g/mol. The van der Waals surface area contributed by atoms with Crippen molar-refractivity contribution >= 4 is 5.82 Å². The topological polar surface area (TPSA) is 54.7 Å². The van der Waals surface area contributed by atoms with Gasteiger partial charge in [0.25, 0.3) is 0 Å². The number of aromatic nitrogens is 2. The van der Waals surface area contributed by atoms with Crippen LogP contribution in [0.1, 0.15) is 24.1 Å². The molecule has 6 heteroatoms. The number of alkyl halides is 3. The predicted octanol–water partition coefficient (Wildman–Crippen LogP) is 3.63.